The number of rotatable bonds is 7. The fourth-order valence-corrected chi connectivity index (χ4v) is 6.70. The molecule has 0 bridgehead atoms. The second kappa shape index (κ2) is 12.1. The van der Waals surface area contributed by atoms with Crippen LogP contribution in [0.1, 0.15) is 36.6 Å². The number of nitrogens with zero attached hydrogens (tertiary/aromatic N) is 6. The third-order valence-electron chi connectivity index (χ3n) is 9.27. The number of nitrogen functional groups attached to an aromatic ring is 1. The highest BCUT2D eigenvalue weighted by Gasteiger charge is 2.46. The van der Waals surface area contributed by atoms with Gasteiger partial charge in [-0.25, -0.2) is 4.68 Å². The van der Waals surface area contributed by atoms with Gasteiger partial charge in [0.05, 0.1) is 16.9 Å². The van der Waals surface area contributed by atoms with E-state index >= 15 is 0 Å². The number of hydrogen-bond donors (Lipinski definition) is 3. The van der Waals surface area contributed by atoms with E-state index < -0.39 is 24.3 Å². The number of carboxylic acid groups (broad SMARTS) is 1. The molecule has 48 heavy (non-hydrogen) atoms. The summed E-state index contributed by atoms with van der Waals surface area (Å²) in [5.74, 6) is -1.07. The van der Waals surface area contributed by atoms with Crippen molar-refractivity contribution in [1.82, 2.24) is 30.0 Å². The number of carboxylic acids is 1. The van der Waals surface area contributed by atoms with Gasteiger partial charge in [-0.3, -0.25) is 9.78 Å². The van der Waals surface area contributed by atoms with Crippen LogP contribution in [0, 0.1) is 12.3 Å². The number of alkyl halides is 3. The van der Waals surface area contributed by atoms with Crippen LogP contribution in [0.4, 0.5) is 24.9 Å². The molecule has 2 saturated heterocycles. The maximum absolute atomic E-state index is 14.9. The summed E-state index contributed by atoms with van der Waals surface area (Å²) >= 11 is 0. The Labute approximate surface area is 273 Å². The Morgan fingerprint density at radius 3 is 2.56 bits per heavy atom. The van der Waals surface area contributed by atoms with E-state index in [1.807, 2.05) is 35.2 Å². The van der Waals surface area contributed by atoms with Gasteiger partial charge in [-0.05, 0) is 67.0 Å². The highest BCUT2D eigenvalue weighted by molar-refractivity contribution is 5.84. The van der Waals surface area contributed by atoms with Gasteiger partial charge < -0.3 is 25.8 Å². The summed E-state index contributed by atoms with van der Waals surface area (Å²) < 4.78 is 51.8. The van der Waals surface area contributed by atoms with Crippen LogP contribution in [-0.4, -0.2) is 67.7 Å². The maximum atomic E-state index is 14.9. The fraction of sp³-hybridized carbons (Fsp3) is 0.324. The number of benzene rings is 2. The first-order chi connectivity index (χ1) is 23.0. The summed E-state index contributed by atoms with van der Waals surface area (Å²) in [4.78, 5) is 26.1. The quantitative estimate of drug-likeness (QED) is 0.206. The minimum absolute atomic E-state index is 0.157. The van der Waals surface area contributed by atoms with Gasteiger partial charge in [0.2, 0.25) is 17.9 Å². The molecule has 248 valence electrons. The van der Waals surface area contributed by atoms with Crippen LogP contribution in [0.3, 0.4) is 0 Å². The van der Waals surface area contributed by atoms with Crippen molar-refractivity contribution in [1.29, 1.82) is 0 Å². The summed E-state index contributed by atoms with van der Waals surface area (Å²) in [5, 5.41) is 17.9. The first kappa shape index (κ1) is 31.4. The number of ether oxygens (including phenoxy) is 1. The summed E-state index contributed by atoms with van der Waals surface area (Å²) in [5.41, 5.74) is 8.73. The zero-order valence-electron chi connectivity index (χ0n) is 26.0. The summed E-state index contributed by atoms with van der Waals surface area (Å²) in [7, 11) is 0. The zero-order valence-corrected chi connectivity index (χ0v) is 26.0. The number of hydrogen-bond acceptors (Lipinski definition) is 9. The second-order valence-electron chi connectivity index (χ2n) is 12.5. The van der Waals surface area contributed by atoms with Crippen LogP contribution in [0.25, 0.3) is 27.7 Å². The SMILES string of the molecule is Cc1ccn(-c2cc(-c3ccc4cccnc4c3)ccc2C(Oc2cc(N3CCC4(CC3)CNC(C(=O)O)C4)nc(N)n2)C(F)(F)F)n1. The average molecular weight is 659 g/mol. The molecule has 4 N–H and O–H groups in total. The predicted octanol–water partition coefficient (Wildman–Crippen LogP) is 5.48. The van der Waals surface area contributed by atoms with E-state index in [9.17, 15) is 23.1 Å². The van der Waals surface area contributed by atoms with Gasteiger partial charge in [0.15, 0.2) is 0 Å². The summed E-state index contributed by atoms with van der Waals surface area (Å²) in [6, 6.07) is 16.7. The highest BCUT2D eigenvalue weighted by atomic mass is 19.4. The van der Waals surface area contributed by atoms with Crippen molar-refractivity contribution < 1.29 is 27.8 Å². The van der Waals surface area contributed by atoms with Crippen LogP contribution in [0.15, 0.2) is 73.1 Å². The number of nitrogens with two attached hydrogens (primary N) is 1. The van der Waals surface area contributed by atoms with Crippen molar-refractivity contribution in [3.63, 3.8) is 0 Å². The molecule has 5 heterocycles. The van der Waals surface area contributed by atoms with Gasteiger partial charge in [-0.2, -0.15) is 28.2 Å². The van der Waals surface area contributed by atoms with Crippen molar-refractivity contribution in [3.05, 3.63) is 84.3 Å². The molecule has 1 spiro atoms. The lowest BCUT2D eigenvalue weighted by Gasteiger charge is -2.39. The number of aromatic nitrogens is 5. The monoisotopic (exact) mass is 658 g/mol. The maximum Gasteiger partial charge on any atom is 0.429 e. The number of aliphatic carboxylic acids is 1. The molecule has 2 aliphatic rings. The van der Waals surface area contributed by atoms with Crippen molar-refractivity contribution in [2.24, 2.45) is 5.41 Å². The van der Waals surface area contributed by atoms with E-state index in [1.165, 1.54) is 16.8 Å². The Bertz CT molecular complexity index is 1990. The number of halogens is 3. The standard InChI is InChI=1S/C34H33F3N8O3/c1-20-8-12-45(43-20)27-16-23(22-5-4-21-3-2-11-39-25(21)15-22)6-7-24(27)30(34(35,36)37)48-29-17-28(41-32(38)42-29)44-13-9-33(10-14-44)18-26(31(46)47)40-19-33/h2-8,11-12,15-17,26,30,40H,9-10,13-14,18-19H2,1H3,(H,46,47)(H2,38,41,42). The molecular weight excluding hydrogens is 625 g/mol. The third-order valence-corrected chi connectivity index (χ3v) is 9.27. The Morgan fingerprint density at radius 2 is 1.85 bits per heavy atom. The molecule has 2 unspecified atom stereocenters. The molecule has 0 radical (unpaired) electrons. The fourth-order valence-electron chi connectivity index (χ4n) is 6.70. The van der Waals surface area contributed by atoms with E-state index in [1.54, 1.807) is 37.5 Å². The highest BCUT2D eigenvalue weighted by Crippen LogP contribution is 2.43. The van der Waals surface area contributed by atoms with Gasteiger partial charge in [0.25, 0.3) is 0 Å². The Kier molecular flexibility index (Phi) is 7.90. The Morgan fingerprint density at radius 1 is 1.08 bits per heavy atom. The van der Waals surface area contributed by atoms with Gasteiger partial charge in [-0.15, -0.1) is 0 Å². The van der Waals surface area contributed by atoms with Gasteiger partial charge in [-0.1, -0.05) is 30.3 Å². The number of piperidine rings is 1. The molecule has 2 atom stereocenters. The second-order valence-corrected chi connectivity index (χ2v) is 12.5. The van der Waals surface area contributed by atoms with Crippen molar-refractivity contribution >= 4 is 28.6 Å². The number of nitrogens with one attached hydrogen (secondary N) is 1. The van der Waals surface area contributed by atoms with Gasteiger partial charge >= 0.3 is 12.1 Å². The molecule has 2 aromatic carbocycles. The molecule has 5 aromatic rings. The molecule has 2 fully saturated rings. The minimum atomic E-state index is -4.83. The third kappa shape index (κ3) is 6.22. The van der Waals surface area contributed by atoms with E-state index in [0.717, 1.165) is 16.5 Å². The molecule has 3 aromatic heterocycles. The molecule has 2 aliphatic heterocycles. The first-order valence-electron chi connectivity index (χ1n) is 15.6. The van der Waals surface area contributed by atoms with Crippen LogP contribution < -0.4 is 20.7 Å². The molecule has 7 rings (SSSR count). The lowest BCUT2D eigenvalue weighted by molar-refractivity contribution is -0.198. The lowest BCUT2D eigenvalue weighted by atomic mass is 9.76. The van der Waals surface area contributed by atoms with Crippen molar-refractivity contribution in [2.45, 2.75) is 44.5 Å². The van der Waals surface area contributed by atoms with E-state index in [4.69, 9.17) is 10.5 Å². The number of carbonyl (C=O) groups is 1. The first-order valence-corrected chi connectivity index (χ1v) is 15.6. The Balaban J connectivity index is 1.20. The van der Waals surface area contributed by atoms with E-state index in [0.29, 0.717) is 56.0 Å². The van der Waals surface area contributed by atoms with Crippen molar-refractivity contribution in [3.8, 4) is 22.7 Å². The molecule has 0 amide bonds. The van der Waals surface area contributed by atoms with Crippen LogP contribution >= 0.6 is 0 Å². The van der Waals surface area contributed by atoms with Crippen LogP contribution in [-0.2, 0) is 4.79 Å². The zero-order chi connectivity index (χ0) is 33.6. The van der Waals surface area contributed by atoms with E-state index in [-0.39, 0.29) is 28.5 Å². The molecule has 11 nitrogen and oxygen atoms in total. The number of anilines is 2. The van der Waals surface area contributed by atoms with Crippen LogP contribution in [0.2, 0.25) is 0 Å². The van der Waals surface area contributed by atoms with Crippen LogP contribution in [0.5, 0.6) is 5.88 Å². The Hall–Kier alpha value is -5.24. The molecular formula is C34H33F3N8O3. The molecule has 14 heteroatoms. The normalized spacial score (nSPS) is 18.3. The number of aryl methyl sites for hydroxylation is 1. The smallest absolute Gasteiger partial charge is 0.429 e. The topological polar surface area (TPSA) is 144 Å². The van der Waals surface area contributed by atoms with E-state index in [2.05, 4.69) is 25.4 Å². The molecule has 0 aliphatic carbocycles. The summed E-state index contributed by atoms with van der Waals surface area (Å²) in [6.07, 6.45) is -2.03. The van der Waals surface area contributed by atoms with Crippen molar-refractivity contribution in [2.75, 3.05) is 30.3 Å². The largest absolute Gasteiger partial charge is 0.480 e. The number of pyridine rings is 1. The average Bonchev–Trinajstić information content (AvgIpc) is 3.69. The van der Waals surface area contributed by atoms with Gasteiger partial charge in [0, 0.05) is 49.0 Å². The van der Waals surface area contributed by atoms with Gasteiger partial charge in [0.1, 0.15) is 11.9 Å². The lowest BCUT2D eigenvalue weighted by Crippen LogP contribution is -2.41. The number of fused-ring (bicyclic) bond motifs is 1. The minimum Gasteiger partial charge on any atom is -0.480 e. The predicted molar refractivity (Wildman–Crippen MR) is 173 cm³/mol. The molecule has 0 saturated carbocycles. The summed E-state index contributed by atoms with van der Waals surface area (Å²) in [6.45, 7) is 3.41.